The minimum absolute atomic E-state index is 0.922. The molecule has 2 nitrogen and oxygen atoms in total. The Hall–Kier alpha value is -14.2. The van der Waals surface area contributed by atoms with Gasteiger partial charge < -0.3 is 0 Å². The number of hydrogen-bond donors (Lipinski definition) is 0. The first-order valence-electron chi connectivity index (χ1n) is 37.2. The average molecular weight is 1370 g/mol. The zero-order valence-electron chi connectivity index (χ0n) is 59.2. The maximum atomic E-state index is 5.53. The summed E-state index contributed by atoms with van der Waals surface area (Å²) in [6, 6.07) is 147. The summed E-state index contributed by atoms with van der Waals surface area (Å²) in [4.78, 5) is 10.2. The Morgan fingerprint density at radius 2 is 0.481 bits per heavy atom. The van der Waals surface area contributed by atoms with Crippen LogP contribution < -0.4 is 0 Å². The summed E-state index contributed by atoms with van der Waals surface area (Å²) >= 11 is 0. The van der Waals surface area contributed by atoms with E-state index >= 15 is 0 Å². The van der Waals surface area contributed by atoms with Gasteiger partial charge in [0.2, 0.25) is 0 Å². The Kier molecular flexibility index (Phi) is 16.0. The largest absolute Gasteiger partial charge is 0.263 e. The summed E-state index contributed by atoms with van der Waals surface area (Å²) < 4.78 is 0. The summed E-state index contributed by atoms with van der Waals surface area (Å²) in [5.41, 5.74) is 31.1. The van der Waals surface area contributed by atoms with E-state index in [0.29, 0.717) is 0 Å². The molecule has 20 rings (SSSR count). The highest BCUT2D eigenvalue weighted by molar-refractivity contribution is 6.23. The van der Waals surface area contributed by atoms with E-state index in [-0.39, 0.29) is 0 Å². The number of fused-ring (bicyclic) bond motifs is 6. The molecular formula is C106H68N2. The van der Waals surface area contributed by atoms with Crippen molar-refractivity contribution in [2.75, 3.05) is 0 Å². The Labute approximate surface area is 628 Å². The molecule has 0 fully saturated rings. The molecule has 2 heterocycles. The van der Waals surface area contributed by atoms with E-state index in [4.69, 9.17) is 4.98 Å². The van der Waals surface area contributed by atoms with Crippen molar-refractivity contribution in [2.45, 2.75) is 0 Å². The normalized spacial score (nSPS) is 11.5. The van der Waals surface area contributed by atoms with E-state index in [0.717, 1.165) is 77.6 Å². The van der Waals surface area contributed by atoms with Crippen LogP contribution in [0, 0.1) is 0 Å². The molecule has 2 aromatic heterocycles. The first kappa shape index (κ1) is 63.5. The van der Waals surface area contributed by atoms with Crippen LogP contribution in [0.5, 0.6) is 0 Å². The van der Waals surface area contributed by atoms with Crippen molar-refractivity contribution in [1.29, 1.82) is 0 Å². The van der Waals surface area contributed by atoms with Gasteiger partial charge in [0.25, 0.3) is 0 Å². The Balaban J connectivity index is 0.643. The number of benzene rings is 18. The Morgan fingerprint density at radius 1 is 0.148 bits per heavy atom. The van der Waals surface area contributed by atoms with Crippen molar-refractivity contribution in [3.05, 3.63) is 413 Å². The molecule has 0 saturated heterocycles. The lowest BCUT2D eigenvalue weighted by atomic mass is 9.84. The first-order valence-corrected chi connectivity index (χ1v) is 37.2. The highest BCUT2D eigenvalue weighted by Crippen LogP contribution is 2.50. The SMILES string of the molecule is c1ccc(-c2ccc(-c3cccc(-c4c5ccccc5c(-c5cccc(-c6ccc7c(-c8ccccc8-c8ccc(-c9cccc(-c%10c%11ccccc%11c(-c%11cccc(-c%12cncc%13ccccc%12%13)c%11)c%11ccccc%10%11)c9)c(-c9ccccc9)c8)cccc7n6)c5)c5ccccc45)c3)c(-c3ccccc3)c2)cc1. The van der Waals surface area contributed by atoms with Crippen molar-refractivity contribution in [3.8, 4) is 145 Å². The number of pyridine rings is 2. The fourth-order valence-corrected chi connectivity index (χ4v) is 17.0. The van der Waals surface area contributed by atoms with Crippen molar-refractivity contribution in [3.63, 3.8) is 0 Å². The van der Waals surface area contributed by atoms with E-state index in [9.17, 15) is 0 Å². The summed E-state index contributed by atoms with van der Waals surface area (Å²) in [5, 5.41) is 13.1. The molecule has 0 spiro atoms. The molecule has 0 unspecified atom stereocenters. The molecule has 0 amide bonds. The van der Waals surface area contributed by atoms with Crippen molar-refractivity contribution in [1.82, 2.24) is 9.97 Å². The molecule has 0 bridgehead atoms. The average Bonchev–Trinajstić information content (AvgIpc) is 0.755. The maximum Gasteiger partial charge on any atom is 0.0715 e. The molecule has 2 heteroatoms. The quantitative estimate of drug-likeness (QED) is 0.108. The molecule has 502 valence electrons. The summed E-state index contributed by atoms with van der Waals surface area (Å²) in [5.74, 6) is 0. The smallest absolute Gasteiger partial charge is 0.0715 e. The van der Waals surface area contributed by atoms with Gasteiger partial charge >= 0.3 is 0 Å². The highest BCUT2D eigenvalue weighted by atomic mass is 14.7. The summed E-state index contributed by atoms with van der Waals surface area (Å²) in [7, 11) is 0. The van der Waals surface area contributed by atoms with Gasteiger partial charge in [0.1, 0.15) is 0 Å². The molecule has 0 saturated carbocycles. The minimum Gasteiger partial charge on any atom is -0.263 e. The molecule has 0 radical (unpaired) electrons. The van der Waals surface area contributed by atoms with Crippen molar-refractivity contribution in [2.24, 2.45) is 0 Å². The van der Waals surface area contributed by atoms with Gasteiger partial charge in [-0.2, -0.15) is 0 Å². The molecule has 0 aliphatic heterocycles. The molecule has 0 atom stereocenters. The van der Waals surface area contributed by atoms with Crippen LogP contribution in [0.2, 0.25) is 0 Å². The van der Waals surface area contributed by atoms with E-state index in [1.807, 2.05) is 12.4 Å². The number of aromatic nitrogens is 2. The Morgan fingerprint density at radius 3 is 0.972 bits per heavy atom. The topological polar surface area (TPSA) is 25.8 Å². The fourth-order valence-electron chi connectivity index (χ4n) is 17.0. The summed E-state index contributed by atoms with van der Waals surface area (Å²) in [6.07, 6.45) is 3.95. The van der Waals surface area contributed by atoms with Crippen molar-refractivity contribution < 1.29 is 0 Å². The molecule has 0 N–H and O–H groups in total. The van der Waals surface area contributed by atoms with Crippen LogP contribution in [-0.4, -0.2) is 9.97 Å². The molecule has 0 aliphatic rings. The second-order valence-corrected chi connectivity index (χ2v) is 28.1. The summed E-state index contributed by atoms with van der Waals surface area (Å²) in [6.45, 7) is 0. The highest BCUT2D eigenvalue weighted by Gasteiger charge is 2.23. The van der Waals surface area contributed by atoms with Gasteiger partial charge in [-0.3, -0.25) is 4.98 Å². The van der Waals surface area contributed by atoms with Crippen LogP contribution in [0.3, 0.4) is 0 Å². The fraction of sp³-hybridized carbons (Fsp3) is 0. The van der Waals surface area contributed by atoms with Gasteiger partial charge in [0, 0.05) is 34.3 Å². The third kappa shape index (κ3) is 11.3. The maximum absolute atomic E-state index is 5.53. The van der Waals surface area contributed by atoms with Crippen LogP contribution in [0.15, 0.2) is 413 Å². The van der Waals surface area contributed by atoms with Crippen LogP contribution in [0.1, 0.15) is 0 Å². The van der Waals surface area contributed by atoms with Gasteiger partial charge in [0.05, 0.1) is 11.2 Å². The molecule has 20 aromatic rings. The molecular weight excluding hydrogens is 1300 g/mol. The zero-order chi connectivity index (χ0) is 71.4. The number of hydrogen-bond acceptors (Lipinski definition) is 2. The van der Waals surface area contributed by atoms with Crippen molar-refractivity contribution >= 4 is 64.8 Å². The predicted octanol–water partition coefficient (Wildman–Crippen LogP) is 29.1. The van der Waals surface area contributed by atoms with E-state index in [2.05, 4.69) is 405 Å². The van der Waals surface area contributed by atoms with E-state index in [1.54, 1.807) is 0 Å². The standard InChI is InChI=1S/C106H68N2/c1-4-27-69(28-5-1)72-55-57-85(98(65-72)70-29-6-2-7-30-70)73-34-22-38-78(61-73)104-94-49-18-20-51-96(94)106(97-52-21-19-50-95(97)104)81-41-25-37-77(64-81)101-60-59-89-88(53-26-54-102(89)108-101)87-44-13-12-42-83(87)76-56-58-86(99(66-76)71-31-8-3-9-32-71)74-35-23-39-79(62-74)103-90-45-14-16-47-92(90)105(93-48-17-15-46-91(93)103)80-40-24-36-75(63-80)100-68-107-67-82-33-10-11-43-84(82)100/h1-68H. The van der Waals surface area contributed by atoms with Crippen LogP contribution >= 0.6 is 0 Å². The third-order valence-corrected chi connectivity index (χ3v) is 21.9. The second kappa shape index (κ2) is 27.1. The van der Waals surface area contributed by atoms with Gasteiger partial charge in [-0.15, -0.1) is 0 Å². The lowest BCUT2D eigenvalue weighted by Crippen LogP contribution is -1.93. The van der Waals surface area contributed by atoms with E-state index in [1.165, 1.54) is 132 Å². The van der Waals surface area contributed by atoms with Crippen LogP contribution in [-0.2, 0) is 0 Å². The molecule has 0 aliphatic carbocycles. The molecule has 108 heavy (non-hydrogen) atoms. The van der Waals surface area contributed by atoms with Gasteiger partial charge in [0.15, 0.2) is 0 Å². The van der Waals surface area contributed by atoms with Gasteiger partial charge in [-0.1, -0.05) is 352 Å². The predicted molar refractivity (Wildman–Crippen MR) is 458 cm³/mol. The first-order chi connectivity index (χ1) is 53.6. The Bertz CT molecular complexity index is 6790. The van der Waals surface area contributed by atoms with E-state index < -0.39 is 0 Å². The van der Waals surface area contributed by atoms with Crippen LogP contribution in [0.25, 0.3) is 210 Å². The minimum atomic E-state index is 0.922. The second-order valence-electron chi connectivity index (χ2n) is 28.1. The third-order valence-electron chi connectivity index (χ3n) is 21.9. The number of nitrogens with zero attached hydrogens (tertiary/aromatic N) is 2. The van der Waals surface area contributed by atoms with Crippen LogP contribution in [0.4, 0.5) is 0 Å². The lowest BCUT2D eigenvalue weighted by Gasteiger charge is -2.19. The monoisotopic (exact) mass is 1370 g/mol. The van der Waals surface area contributed by atoms with Gasteiger partial charge in [-0.05, 0) is 225 Å². The number of rotatable bonds is 13. The molecule has 18 aromatic carbocycles. The zero-order valence-corrected chi connectivity index (χ0v) is 59.2. The lowest BCUT2D eigenvalue weighted by molar-refractivity contribution is 1.36. The van der Waals surface area contributed by atoms with Gasteiger partial charge in [-0.25, -0.2) is 4.98 Å².